The monoisotopic (exact) mass is 291 g/mol. The van der Waals surface area contributed by atoms with Crippen molar-refractivity contribution in [1.82, 2.24) is 14.8 Å². The van der Waals surface area contributed by atoms with Gasteiger partial charge in [0.2, 0.25) is 0 Å². The van der Waals surface area contributed by atoms with Gasteiger partial charge in [0.1, 0.15) is 5.75 Å². The van der Waals surface area contributed by atoms with Crippen molar-refractivity contribution in [3.05, 3.63) is 54.1 Å². The summed E-state index contributed by atoms with van der Waals surface area (Å²) in [6.07, 6.45) is 0.998. The second-order valence-corrected chi connectivity index (χ2v) is 5.45. The Hall–Kier alpha value is -2.62. The summed E-state index contributed by atoms with van der Waals surface area (Å²) in [6.45, 7) is 3.62. The van der Waals surface area contributed by atoms with E-state index in [2.05, 4.69) is 30.2 Å². The van der Waals surface area contributed by atoms with E-state index in [9.17, 15) is 0 Å². The molecular formula is C18H17N3O. The van der Waals surface area contributed by atoms with E-state index in [1.54, 1.807) is 0 Å². The predicted octanol–water partition coefficient (Wildman–Crippen LogP) is 3.76. The molecule has 1 aliphatic rings. The lowest BCUT2D eigenvalue weighted by Gasteiger charge is -2.05. The molecule has 22 heavy (non-hydrogen) atoms. The number of fused-ring (bicyclic) bond motifs is 3. The largest absolute Gasteiger partial charge is 0.494 e. The van der Waals surface area contributed by atoms with Crippen molar-refractivity contribution in [2.45, 2.75) is 19.9 Å². The van der Waals surface area contributed by atoms with Crippen molar-refractivity contribution < 1.29 is 4.74 Å². The van der Waals surface area contributed by atoms with E-state index in [0.29, 0.717) is 0 Å². The topological polar surface area (TPSA) is 39.9 Å². The van der Waals surface area contributed by atoms with Crippen LogP contribution in [0.5, 0.6) is 5.75 Å². The molecule has 0 fully saturated rings. The van der Waals surface area contributed by atoms with E-state index in [1.165, 1.54) is 11.1 Å². The van der Waals surface area contributed by atoms with Crippen LogP contribution in [-0.2, 0) is 6.54 Å². The fourth-order valence-electron chi connectivity index (χ4n) is 2.76. The minimum Gasteiger partial charge on any atom is -0.494 e. The lowest BCUT2D eigenvalue weighted by atomic mass is 10.1. The van der Waals surface area contributed by atoms with E-state index in [-0.39, 0.29) is 0 Å². The maximum atomic E-state index is 5.69. The van der Waals surface area contributed by atoms with Crippen LogP contribution in [0.1, 0.15) is 18.9 Å². The van der Waals surface area contributed by atoms with E-state index >= 15 is 0 Å². The van der Waals surface area contributed by atoms with Gasteiger partial charge in [-0.3, -0.25) is 0 Å². The van der Waals surface area contributed by atoms with Gasteiger partial charge in [-0.25, -0.2) is 9.67 Å². The number of rotatable bonds is 4. The highest BCUT2D eigenvalue weighted by Gasteiger charge is 2.22. The molecule has 2 heterocycles. The second-order valence-electron chi connectivity index (χ2n) is 5.45. The third kappa shape index (κ3) is 2.17. The number of benzene rings is 2. The Bertz CT molecular complexity index is 823. The molecule has 4 nitrogen and oxygen atoms in total. The molecule has 0 spiro atoms. The molecule has 0 saturated carbocycles. The minimum absolute atomic E-state index is 0.726. The molecule has 0 amide bonds. The van der Waals surface area contributed by atoms with Crippen LogP contribution in [-0.4, -0.2) is 21.4 Å². The van der Waals surface area contributed by atoms with Gasteiger partial charge in [-0.15, -0.1) is 0 Å². The Morgan fingerprint density at radius 1 is 1.14 bits per heavy atom. The third-order valence-electron chi connectivity index (χ3n) is 3.82. The lowest BCUT2D eigenvalue weighted by molar-refractivity contribution is 0.317. The molecule has 0 saturated heterocycles. The van der Waals surface area contributed by atoms with E-state index in [4.69, 9.17) is 9.72 Å². The molecule has 1 aliphatic heterocycles. The highest BCUT2D eigenvalue weighted by molar-refractivity contribution is 5.68. The van der Waals surface area contributed by atoms with Gasteiger partial charge < -0.3 is 4.74 Å². The average molecular weight is 291 g/mol. The number of hydrogen-bond acceptors (Lipinski definition) is 3. The lowest BCUT2D eigenvalue weighted by Crippen LogP contribution is -1.96. The Labute approximate surface area is 129 Å². The van der Waals surface area contributed by atoms with Crippen molar-refractivity contribution in [1.29, 1.82) is 0 Å². The summed E-state index contributed by atoms with van der Waals surface area (Å²) in [7, 11) is 0. The smallest absolute Gasteiger partial charge is 0.181 e. The Balaban J connectivity index is 1.69. The number of aromatic nitrogens is 3. The number of nitrogens with zero attached hydrogens (tertiary/aromatic N) is 3. The molecule has 1 aromatic heterocycles. The van der Waals surface area contributed by atoms with Crippen LogP contribution in [0.4, 0.5) is 0 Å². The van der Waals surface area contributed by atoms with Crippen LogP contribution in [0.2, 0.25) is 0 Å². The van der Waals surface area contributed by atoms with Crippen LogP contribution >= 0.6 is 0 Å². The molecule has 4 rings (SSSR count). The third-order valence-corrected chi connectivity index (χ3v) is 3.82. The van der Waals surface area contributed by atoms with Gasteiger partial charge in [0, 0.05) is 11.1 Å². The van der Waals surface area contributed by atoms with Crippen LogP contribution in [0.15, 0.2) is 48.5 Å². The first-order chi connectivity index (χ1) is 10.8. The summed E-state index contributed by atoms with van der Waals surface area (Å²) in [5.74, 6) is 2.58. The Kier molecular flexibility index (Phi) is 3.15. The molecule has 2 aromatic carbocycles. The van der Waals surface area contributed by atoms with E-state index in [0.717, 1.165) is 42.5 Å². The normalized spacial score (nSPS) is 12.0. The first kappa shape index (κ1) is 13.1. The summed E-state index contributed by atoms with van der Waals surface area (Å²) in [5.41, 5.74) is 3.46. The van der Waals surface area contributed by atoms with Crippen molar-refractivity contribution >= 4 is 0 Å². The fraction of sp³-hybridized carbons (Fsp3) is 0.222. The number of hydrogen-bond donors (Lipinski definition) is 0. The number of ether oxygens (including phenoxy) is 1. The maximum absolute atomic E-state index is 5.69. The molecule has 0 unspecified atom stereocenters. The highest BCUT2D eigenvalue weighted by atomic mass is 16.5. The summed E-state index contributed by atoms with van der Waals surface area (Å²) >= 11 is 0. The Morgan fingerprint density at radius 3 is 2.95 bits per heavy atom. The van der Waals surface area contributed by atoms with Gasteiger partial charge in [-0.2, -0.15) is 5.10 Å². The summed E-state index contributed by atoms with van der Waals surface area (Å²) in [4.78, 5) is 4.72. The van der Waals surface area contributed by atoms with Crippen molar-refractivity contribution in [2.24, 2.45) is 0 Å². The first-order valence-electron chi connectivity index (χ1n) is 7.61. The molecule has 0 bridgehead atoms. The molecule has 0 aliphatic carbocycles. The van der Waals surface area contributed by atoms with Crippen LogP contribution < -0.4 is 4.74 Å². The van der Waals surface area contributed by atoms with Crippen LogP contribution in [0, 0.1) is 0 Å². The average Bonchev–Trinajstić information content (AvgIpc) is 3.11. The Morgan fingerprint density at radius 2 is 2.05 bits per heavy atom. The molecule has 110 valence electrons. The zero-order valence-corrected chi connectivity index (χ0v) is 12.5. The summed E-state index contributed by atoms with van der Waals surface area (Å²) in [6, 6.07) is 16.3. The van der Waals surface area contributed by atoms with E-state index in [1.807, 2.05) is 35.0 Å². The summed E-state index contributed by atoms with van der Waals surface area (Å²) in [5, 5.41) is 4.65. The van der Waals surface area contributed by atoms with Gasteiger partial charge in [0.15, 0.2) is 11.6 Å². The molecule has 3 aromatic rings. The maximum Gasteiger partial charge on any atom is 0.181 e. The zero-order chi connectivity index (χ0) is 14.9. The standard InChI is InChI=1S/C18H17N3O/c1-2-10-22-15-8-5-7-13(11-15)17-19-18-16-9-4-3-6-14(16)12-21(18)20-17/h3-9,11H,2,10,12H2,1H3. The van der Waals surface area contributed by atoms with E-state index < -0.39 is 0 Å². The van der Waals surface area contributed by atoms with Crippen LogP contribution in [0.3, 0.4) is 0 Å². The zero-order valence-electron chi connectivity index (χ0n) is 12.5. The van der Waals surface area contributed by atoms with Gasteiger partial charge in [0.25, 0.3) is 0 Å². The molecule has 0 atom stereocenters. The minimum atomic E-state index is 0.726. The highest BCUT2D eigenvalue weighted by Crippen LogP contribution is 2.32. The SMILES string of the molecule is CCCOc1cccc(-c2nc3n(n2)Cc2ccccc2-3)c1. The quantitative estimate of drug-likeness (QED) is 0.574. The van der Waals surface area contributed by atoms with Crippen molar-refractivity contribution in [3.8, 4) is 28.5 Å². The van der Waals surface area contributed by atoms with Crippen LogP contribution in [0.25, 0.3) is 22.8 Å². The van der Waals surface area contributed by atoms with Crippen molar-refractivity contribution in [3.63, 3.8) is 0 Å². The van der Waals surface area contributed by atoms with Gasteiger partial charge in [-0.05, 0) is 24.1 Å². The molecule has 4 heteroatoms. The second kappa shape index (κ2) is 5.30. The van der Waals surface area contributed by atoms with Crippen molar-refractivity contribution in [2.75, 3.05) is 6.61 Å². The summed E-state index contributed by atoms with van der Waals surface area (Å²) < 4.78 is 7.66. The van der Waals surface area contributed by atoms with Gasteiger partial charge in [-0.1, -0.05) is 43.3 Å². The first-order valence-corrected chi connectivity index (χ1v) is 7.61. The van der Waals surface area contributed by atoms with Gasteiger partial charge >= 0.3 is 0 Å². The molecular weight excluding hydrogens is 274 g/mol. The van der Waals surface area contributed by atoms with Gasteiger partial charge in [0.05, 0.1) is 13.2 Å². The predicted molar refractivity (Wildman–Crippen MR) is 85.8 cm³/mol. The molecule has 0 N–H and O–H groups in total. The fourth-order valence-corrected chi connectivity index (χ4v) is 2.76. The molecule has 0 radical (unpaired) electrons.